The number of fused-ring (bicyclic) bond motifs is 3. The van der Waals surface area contributed by atoms with Gasteiger partial charge in [0.2, 0.25) is 0 Å². The normalized spacial score (nSPS) is 53.7. The second-order valence-electron chi connectivity index (χ2n) is 13.1. The Morgan fingerprint density at radius 2 is 0.891 bits per heavy atom. The highest BCUT2D eigenvalue weighted by atomic mass is 28.4. The molecule has 20 heteroatoms. The maximum absolute atomic E-state index is 11.7. The van der Waals surface area contributed by atoms with Crippen LogP contribution in [-0.2, 0) is 22.1 Å². The summed E-state index contributed by atoms with van der Waals surface area (Å²) in [6.45, 7) is 2.60. The minimum Gasteiger partial charge on any atom is -0.396 e. The summed E-state index contributed by atoms with van der Waals surface area (Å²) in [6.07, 6.45) is -24.1. The summed E-state index contributed by atoms with van der Waals surface area (Å²) in [6, 6.07) is 0.218. The van der Waals surface area contributed by atoms with Crippen molar-refractivity contribution in [1.82, 2.24) is 0 Å². The maximum atomic E-state index is 11.7. The molecule has 3 aliphatic heterocycles. The zero-order valence-corrected chi connectivity index (χ0v) is 27.9. The highest BCUT2D eigenvalue weighted by molar-refractivity contribution is 6.62. The van der Waals surface area contributed by atoms with Gasteiger partial charge in [-0.25, -0.2) is 0 Å². The summed E-state index contributed by atoms with van der Waals surface area (Å²) in [7, 11) is -7.68. The van der Waals surface area contributed by atoms with Crippen LogP contribution >= 0.6 is 0 Å². The van der Waals surface area contributed by atoms with Gasteiger partial charge in [-0.15, -0.1) is 0 Å². The van der Waals surface area contributed by atoms with E-state index in [9.17, 15) is 55.9 Å². The first-order chi connectivity index (χ1) is 21.6. The van der Waals surface area contributed by atoms with Crippen LogP contribution in [0.25, 0.3) is 0 Å². The van der Waals surface area contributed by atoms with Crippen molar-refractivity contribution in [3.8, 4) is 0 Å². The van der Waals surface area contributed by atoms with E-state index in [1.165, 1.54) is 6.92 Å². The Bertz CT molecular complexity index is 998. The average Bonchev–Trinajstić information content (AvgIpc) is 3.72. The molecule has 0 aromatic rings. The SMILES string of the molecule is CC1C(C)C(O)C2O[Si](O)(CCCN)OC2C2O[Si]3(CCCN)OC(C(O)C(O)C(O)C(O)C(O)C(O)C(O)C(CO)C1O)C2O3. The van der Waals surface area contributed by atoms with E-state index in [0.29, 0.717) is 12.8 Å². The second kappa shape index (κ2) is 15.3. The Kier molecular flexibility index (Phi) is 12.8. The van der Waals surface area contributed by atoms with E-state index in [1.54, 1.807) is 6.92 Å². The van der Waals surface area contributed by atoms with Crippen LogP contribution in [0.2, 0.25) is 12.1 Å². The minimum absolute atomic E-state index is 0.0358. The lowest BCUT2D eigenvalue weighted by Gasteiger charge is -2.40. The monoisotopic (exact) mass is 704 g/mol. The standard InChI is InChI=1S/C26H52N2O16Si2/c1-10-11(2)14(31)22-24(41-45(39,40-22)7-3-5-27)26-25-23(42-46(43-25,44-26)8-4-6-28)21(38)20(37)19(36)18(35)17(34)16(33)15(32)12(9-29)13(10)30/h10-26,29-39H,3-9,27-28H2,1-2H3. The lowest BCUT2D eigenvalue weighted by atomic mass is 9.76. The lowest BCUT2D eigenvalue weighted by Crippen LogP contribution is -2.61. The first kappa shape index (κ1) is 38.5. The fourth-order valence-electron chi connectivity index (χ4n) is 6.91. The van der Waals surface area contributed by atoms with Crippen LogP contribution in [0.1, 0.15) is 26.7 Å². The molecule has 19 atom stereocenters. The number of aliphatic hydroxyl groups is 10. The molecule has 18 nitrogen and oxygen atoms in total. The third kappa shape index (κ3) is 7.27. The smallest absolute Gasteiger partial charge is 0.396 e. The Morgan fingerprint density at radius 3 is 1.43 bits per heavy atom. The van der Waals surface area contributed by atoms with Crippen LogP contribution in [0.4, 0.5) is 0 Å². The van der Waals surface area contributed by atoms with Crippen molar-refractivity contribution < 1.29 is 78.0 Å². The van der Waals surface area contributed by atoms with E-state index >= 15 is 0 Å². The lowest BCUT2D eigenvalue weighted by molar-refractivity contribution is -0.190. The number of hydrogen-bond donors (Lipinski definition) is 13. The first-order valence-electron chi connectivity index (χ1n) is 15.8. The highest BCUT2D eigenvalue weighted by Gasteiger charge is 2.70. The molecule has 0 amide bonds. The van der Waals surface area contributed by atoms with Crippen molar-refractivity contribution in [3.63, 3.8) is 0 Å². The molecular formula is C26H52N2O16Si2. The third-order valence-corrected chi connectivity index (χ3v) is 15.2. The van der Waals surface area contributed by atoms with E-state index in [0.717, 1.165) is 0 Å². The minimum atomic E-state index is -4.02. The molecule has 1 aliphatic carbocycles. The molecule has 1 saturated carbocycles. The summed E-state index contributed by atoms with van der Waals surface area (Å²) in [5.74, 6) is -3.34. The van der Waals surface area contributed by atoms with Gasteiger partial charge in [0.1, 0.15) is 67.1 Å². The van der Waals surface area contributed by atoms with Crippen LogP contribution in [-0.4, -0.2) is 179 Å². The largest absolute Gasteiger partial charge is 0.502 e. The van der Waals surface area contributed by atoms with Crippen LogP contribution < -0.4 is 11.5 Å². The van der Waals surface area contributed by atoms with E-state index in [-0.39, 0.29) is 25.2 Å². The fourth-order valence-corrected chi connectivity index (χ4v) is 12.5. The number of hydrogen-bond acceptors (Lipinski definition) is 18. The number of nitrogens with two attached hydrogens (primary N) is 2. The molecule has 15 N–H and O–H groups in total. The first-order valence-corrected chi connectivity index (χ1v) is 19.7. The molecule has 4 rings (SSSR count). The quantitative estimate of drug-likeness (QED) is 0.110. The van der Waals surface area contributed by atoms with Gasteiger partial charge in [-0.05, 0) is 37.8 Å². The van der Waals surface area contributed by atoms with Crippen molar-refractivity contribution in [2.45, 2.75) is 124 Å². The molecule has 0 aromatic heterocycles. The van der Waals surface area contributed by atoms with Crippen LogP contribution in [0, 0.1) is 17.8 Å². The molecule has 0 radical (unpaired) electrons. The van der Waals surface area contributed by atoms with Crippen molar-refractivity contribution in [2.75, 3.05) is 19.7 Å². The molecule has 270 valence electrons. The van der Waals surface area contributed by atoms with Crippen molar-refractivity contribution >= 4 is 17.6 Å². The molecule has 19 unspecified atom stereocenters. The molecule has 2 bridgehead atoms. The molecule has 46 heavy (non-hydrogen) atoms. The summed E-state index contributed by atoms with van der Waals surface area (Å²) >= 11 is 0. The van der Waals surface area contributed by atoms with E-state index in [2.05, 4.69) is 0 Å². The zero-order valence-electron chi connectivity index (χ0n) is 25.9. The maximum Gasteiger partial charge on any atom is 0.502 e. The summed E-state index contributed by atoms with van der Waals surface area (Å²) in [5, 5.41) is 109. The average molecular weight is 705 g/mol. The number of aliphatic hydroxyl groups excluding tert-OH is 10. The Balaban J connectivity index is 1.79. The van der Waals surface area contributed by atoms with Crippen molar-refractivity contribution in [3.05, 3.63) is 0 Å². The van der Waals surface area contributed by atoms with Gasteiger partial charge in [0, 0.05) is 18.0 Å². The van der Waals surface area contributed by atoms with Gasteiger partial charge in [0.25, 0.3) is 0 Å². The summed E-state index contributed by atoms with van der Waals surface area (Å²) < 4.78 is 30.7. The van der Waals surface area contributed by atoms with Gasteiger partial charge >= 0.3 is 17.6 Å². The van der Waals surface area contributed by atoms with Crippen molar-refractivity contribution in [2.24, 2.45) is 29.2 Å². The number of rotatable bonds is 7. The second-order valence-corrected chi connectivity index (χ2v) is 18.0. The predicted octanol–water partition coefficient (Wildman–Crippen LogP) is -6.34. The molecule has 0 aromatic carbocycles. The molecule has 4 aliphatic rings. The van der Waals surface area contributed by atoms with E-state index < -0.39 is 127 Å². The molecule has 3 saturated heterocycles. The Labute approximate surface area is 268 Å². The topological polar surface area (TPSA) is 321 Å². The van der Waals surface area contributed by atoms with Gasteiger partial charge in [-0.2, -0.15) is 0 Å². The molecule has 4 fully saturated rings. The Hall–Kier alpha value is -0.286. The van der Waals surface area contributed by atoms with E-state index in [1.807, 2.05) is 0 Å². The van der Waals surface area contributed by atoms with Crippen LogP contribution in [0.3, 0.4) is 0 Å². The third-order valence-electron chi connectivity index (χ3n) is 10.0. The van der Waals surface area contributed by atoms with Crippen molar-refractivity contribution in [1.29, 1.82) is 0 Å². The van der Waals surface area contributed by atoms with Gasteiger partial charge in [0.05, 0.1) is 24.9 Å². The van der Waals surface area contributed by atoms with Gasteiger partial charge in [0.15, 0.2) is 0 Å². The molecular weight excluding hydrogens is 652 g/mol. The van der Waals surface area contributed by atoms with Gasteiger partial charge in [-0.3, -0.25) is 0 Å². The van der Waals surface area contributed by atoms with Gasteiger partial charge in [-0.1, -0.05) is 13.8 Å². The highest BCUT2D eigenvalue weighted by Crippen LogP contribution is 2.47. The molecule has 3 heterocycles. The summed E-state index contributed by atoms with van der Waals surface area (Å²) in [5.41, 5.74) is 11.4. The van der Waals surface area contributed by atoms with Crippen LogP contribution in [0.5, 0.6) is 0 Å². The predicted molar refractivity (Wildman–Crippen MR) is 158 cm³/mol. The van der Waals surface area contributed by atoms with Gasteiger partial charge < -0.3 is 89.5 Å². The van der Waals surface area contributed by atoms with Crippen LogP contribution in [0.15, 0.2) is 0 Å². The zero-order chi connectivity index (χ0) is 34.3. The van der Waals surface area contributed by atoms with E-state index in [4.69, 9.17) is 33.6 Å². The molecule has 0 spiro atoms. The fraction of sp³-hybridized carbons (Fsp3) is 1.00. The Morgan fingerprint density at radius 1 is 0.500 bits per heavy atom. The summed E-state index contributed by atoms with van der Waals surface area (Å²) in [4.78, 5) is 11.4.